The summed E-state index contributed by atoms with van der Waals surface area (Å²) in [5, 5.41) is 8.89. The van der Waals surface area contributed by atoms with E-state index >= 15 is 0 Å². The van der Waals surface area contributed by atoms with E-state index in [9.17, 15) is 9.46 Å². The number of carbonyl (C=O) groups is 1. The molecule has 26 heavy (non-hydrogen) atoms. The van der Waals surface area contributed by atoms with Crippen molar-refractivity contribution in [2.75, 3.05) is 13.2 Å². The Labute approximate surface area is 170 Å². The average molecular weight is 444 g/mol. The molecule has 0 aliphatic heterocycles. The van der Waals surface area contributed by atoms with Crippen LogP contribution in [0.4, 0.5) is 0 Å². The van der Waals surface area contributed by atoms with Gasteiger partial charge >= 0.3 is 17.1 Å². The van der Waals surface area contributed by atoms with Gasteiger partial charge in [0.2, 0.25) is 0 Å². The van der Waals surface area contributed by atoms with E-state index in [0.29, 0.717) is 11.8 Å². The maximum atomic E-state index is 11.8. The molecule has 0 aromatic heterocycles. The molecule has 0 aliphatic rings. The Morgan fingerprint density at radius 2 is 1.23 bits per heavy atom. The summed E-state index contributed by atoms with van der Waals surface area (Å²) < 4.78 is 21.9. The van der Waals surface area contributed by atoms with Crippen molar-refractivity contribution < 1.29 is 45.5 Å². The van der Waals surface area contributed by atoms with Crippen molar-refractivity contribution in [3.63, 3.8) is 0 Å². The molecule has 1 radical (unpaired) electrons. The van der Waals surface area contributed by atoms with Crippen molar-refractivity contribution in [3.05, 3.63) is 0 Å². The van der Waals surface area contributed by atoms with Crippen LogP contribution >= 0.6 is 7.82 Å². The zero-order valence-corrected chi connectivity index (χ0v) is 18.8. The molecule has 0 saturated heterocycles. The number of carboxylic acid groups (broad SMARTS) is 1. The number of phosphoric ester groups is 1. The number of hydrogen-bond acceptors (Lipinski definition) is 6. The van der Waals surface area contributed by atoms with Gasteiger partial charge in [0.1, 0.15) is 0 Å². The maximum absolute atomic E-state index is 11.8. The van der Waals surface area contributed by atoms with Gasteiger partial charge in [0.25, 0.3) is 7.82 Å². The molecular formula is C18H37CuO6P. The summed E-state index contributed by atoms with van der Waals surface area (Å²) >= 11 is 0. The van der Waals surface area contributed by atoms with E-state index in [-0.39, 0.29) is 30.3 Å². The number of carbonyl (C=O) groups excluding carboxylic acids is 1. The van der Waals surface area contributed by atoms with Crippen LogP contribution in [0.15, 0.2) is 0 Å². The second-order valence-electron chi connectivity index (χ2n) is 6.36. The molecule has 0 N–H and O–H groups in total. The first-order valence-electron chi connectivity index (χ1n) is 9.49. The molecule has 0 aromatic carbocycles. The third kappa shape index (κ3) is 22.1. The van der Waals surface area contributed by atoms with Crippen LogP contribution in [0.3, 0.4) is 0 Å². The number of hydrogen-bond donors (Lipinski definition) is 0. The first-order valence-corrected chi connectivity index (χ1v) is 11.0. The van der Waals surface area contributed by atoms with Crippen LogP contribution in [0.2, 0.25) is 0 Å². The molecule has 2 atom stereocenters. The van der Waals surface area contributed by atoms with Gasteiger partial charge in [-0.25, -0.2) is 0 Å². The van der Waals surface area contributed by atoms with Crippen molar-refractivity contribution in [2.45, 2.75) is 86.0 Å². The van der Waals surface area contributed by atoms with Crippen LogP contribution in [0.25, 0.3) is 0 Å². The molecule has 0 bridgehead atoms. The van der Waals surface area contributed by atoms with E-state index in [0.717, 1.165) is 58.3 Å². The number of phosphoric acid groups is 1. The molecule has 0 saturated carbocycles. The number of unbranched alkanes of at least 4 members (excludes halogenated alkanes) is 2. The zero-order valence-electron chi connectivity index (χ0n) is 16.9. The van der Waals surface area contributed by atoms with Crippen LogP contribution in [-0.4, -0.2) is 19.2 Å². The fraction of sp³-hybridized carbons (Fsp3) is 0.944. The van der Waals surface area contributed by atoms with Gasteiger partial charge < -0.3 is 23.8 Å². The molecule has 0 heterocycles. The SMILES string of the molecule is CC(=O)[O-].CCCCC(CC)COP(=O)([O-])OCC(CC)CCCC.[Cu+2]. The second kappa shape index (κ2) is 19.8. The standard InChI is InChI=1S/C16H35O4P.C2H4O2.Cu/c1-5-9-11-15(7-3)13-19-21(17,18)20-14-16(8-4)12-10-6-2;1-2(3)4;/h15-16H,5-14H2,1-4H3,(H,17,18);1H3,(H,3,4);/q;;+2/p-2. The van der Waals surface area contributed by atoms with E-state index in [2.05, 4.69) is 27.7 Å². The fourth-order valence-corrected chi connectivity index (χ4v) is 3.09. The summed E-state index contributed by atoms with van der Waals surface area (Å²) in [6, 6.07) is 0. The summed E-state index contributed by atoms with van der Waals surface area (Å²) in [6.45, 7) is 9.88. The van der Waals surface area contributed by atoms with Crippen LogP contribution in [0.1, 0.15) is 86.0 Å². The zero-order chi connectivity index (χ0) is 19.7. The molecule has 8 heteroatoms. The quantitative estimate of drug-likeness (QED) is 0.300. The van der Waals surface area contributed by atoms with E-state index in [1.807, 2.05) is 0 Å². The first kappa shape index (κ1) is 30.8. The summed E-state index contributed by atoms with van der Waals surface area (Å²) in [4.78, 5) is 20.7. The van der Waals surface area contributed by atoms with Gasteiger partial charge in [-0.3, -0.25) is 4.57 Å². The van der Waals surface area contributed by atoms with Crippen LogP contribution < -0.4 is 10.00 Å². The number of aliphatic carboxylic acids is 1. The van der Waals surface area contributed by atoms with E-state index in [4.69, 9.17) is 18.9 Å². The Balaban J connectivity index is -0.000000951. The minimum atomic E-state index is -4.14. The van der Waals surface area contributed by atoms with Crippen molar-refractivity contribution in [2.24, 2.45) is 11.8 Å². The third-order valence-corrected chi connectivity index (χ3v) is 4.95. The van der Waals surface area contributed by atoms with Gasteiger partial charge in [-0.2, -0.15) is 0 Å². The third-order valence-electron chi connectivity index (χ3n) is 4.02. The predicted molar refractivity (Wildman–Crippen MR) is 96.8 cm³/mol. The molecule has 0 aromatic rings. The van der Waals surface area contributed by atoms with E-state index in [1.54, 1.807) is 0 Å². The Morgan fingerprint density at radius 1 is 0.923 bits per heavy atom. The molecule has 161 valence electrons. The molecule has 6 nitrogen and oxygen atoms in total. The second-order valence-corrected chi connectivity index (χ2v) is 7.77. The first-order chi connectivity index (χ1) is 11.7. The van der Waals surface area contributed by atoms with Gasteiger partial charge in [-0.15, -0.1) is 0 Å². The number of rotatable bonds is 14. The minimum absolute atomic E-state index is 0. The van der Waals surface area contributed by atoms with Gasteiger partial charge in [-0.05, 0) is 31.6 Å². The van der Waals surface area contributed by atoms with Crippen molar-refractivity contribution in [1.29, 1.82) is 0 Å². The minimum Gasteiger partial charge on any atom is -0.756 e. The molecule has 0 rings (SSSR count). The Hall–Kier alpha value is 0.0995. The molecule has 2 unspecified atom stereocenters. The summed E-state index contributed by atoms with van der Waals surface area (Å²) in [5.41, 5.74) is 0. The largest absolute Gasteiger partial charge is 2.00 e. The summed E-state index contributed by atoms with van der Waals surface area (Å²) in [7, 11) is -4.14. The molecule has 0 spiro atoms. The molecule has 0 fully saturated rings. The van der Waals surface area contributed by atoms with Crippen LogP contribution in [0, 0.1) is 11.8 Å². The molecule has 0 amide bonds. The topological polar surface area (TPSA) is 98.7 Å². The fourth-order valence-electron chi connectivity index (χ4n) is 2.23. The van der Waals surface area contributed by atoms with Crippen LogP contribution in [-0.2, 0) is 35.5 Å². The number of carboxylic acids is 1. The van der Waals surface area contributed by atoms with Crippen LogP contribution in [0.5, 0.6) is 0 Å². The maximum Gasteiger partial charge on any atom is 2.00 e. The van der Waals surface area contributed by atoms with E-state index in [1.165, 1.54) is 0 Å². The Kier molecular flexibility index (Phi) is 23.5. The van der Waals surface area contributed by atoms with Gasteiger partial charge in [0, 0.05) is 5.97 Å². The van der Waals surface area contributed by atoms with Gasteiger partial charge in [0.15, 0.2) is 0 Å². The summed E-state index contributed by atoms with van der Waals surface area (Å²) in [5.74, 6) is -0.476. The molecular weight excluding hydrogens is 407 g/mol. The Bertz CT molecular complexity index is 340. The normalized spacial score (nSPS) is 15.0. The summed E-state index contributed by atoms with van der Waals surface area (Å²) in [6.07, 6.45) is 8.38. The average Bonchev–Trinajstić information content (AvgIpc) is 2.54. The molecule has 0 aliphatic carbocycles. The van der Waals surface area contributed by atoms with Crippen molar-refractivity contribution in [1.82, 2.24) is 0 Å². The van der Waals surface area contributed by atoms with Gasteiger partial charge in [-0.1, -0.05) is 66.2 Å². The monoisotopic (exact) mass is 443 g/mol. The van der Waals surface area contributed by atoms with E-state index < -0.39 is 13.8 Å². The van der Waals surface area contributed by atoms with Gasteiger partial charge in [0.05, 0.1) is 13.2 Å². The predicted octanol–water partition coefficient (Wildman–Crippen LogP) is 3.67. The smallest absolute Gasteiger partial charge is 0.756 e. The Morgan fingerprint density at radius 3 is 1.46 bits per heavy atom. The van der Waals surface area contributed by atoms with Crippen molar-refractivity contribution >= 4 is 13.8 Å². The van der Waals surface area contributed by atoms with Crippen molar-refractivity contribution in [3.8, 4) is 0 Å².